The Kier molecular flexibility index (Phi) is 5.08. The molecule has 1 N–H and O–H groups in total. The highest BCUT2D eigenvalue weighted by atomic mass is 32.2. The van der Waals surface area contributed by atoms with Crippen molar-refractivity contribution >= 4 is 27.7 Å². The van der Waals surface area contributed by atoms with Gasteiger partial charge in [-0.05, 0) is 39.0 Å². The molecule has 5 rings (SSSR count). The fraction of sp³-hybridized carbons (Fsp3) is 0.857. The summed E-state index contributed by atoms with van der Waals surface area (Å²) in [5.41, 5.74) is -0.481. The number of hydrogen-bond donors (Lipinski definition) is 1. The van der Waals surface area contributed by atoms with E-state index in [1.54, 1.807) is 0 Å². The molecule has 9 nitrogen and oxygen atoms in total. The highest BCUT2D eigenvalue weighted by Gasteiger charge is 2.70. The van der Waals surface area contributed by atoms with E-state index in [9.17, 15) is 22.8 Å². The minimum atomic E-state index is -3.01. The van der Waals surface area contributed by atoms with Crippen molar-refractivity contribution in [2.45, 2.75) is 56.8 Å². The van der Waals surface area contributed by atoms with Gasteiger partial charge in [0.15, 0.2) is 16.4 Å². The Labute approximate surface area is 181 Å². The molecule has 0 aromatic rings. The number of nitrogens with one attached hydrogen (secondary N) is 1. The molecule has 10 heteroatoms. The summed E-state index contributed by atoms with van der Waals surface area (Å²) in [7, 11) is -3.01. The minimum absolute atomic E-state index is 0.0678. The fourth-order valence-electron chi connectivity index (χ4n) is 6.41. The summed E-state index contributed by atoms with van der Waals surface area (Å²) in [5.74, 6) is -2.58. The molecule has 0 radical (unpaired) electrons. The number of esters is 3. The molecule has 31 heavy (non-hydrogen) atoms. The van der Waals surface area contributed by atoms with Crippen LogP contribution >= 0.6 is 0 Å². The maximum Gasteiger partial charge on any atom is 0.362 e. The summed E-state index contributed by atoms with van der Waals surface area (Å²) < 4.78 is 40.4. The zero-order chi connectivity index (χ0) is 22.0. The average Bonchev–Trinajstić information content (AvgIpc) is 3.41. The highest BCUT2D eigenvalue weighted by molar-refractivity contribution is 7.91. The SMILES string of the molecule is CC1(OC(=O)C2C3CC4C(OC(=O)C42)C3OC(=O)C[NH+]2CCS(=O)(=O)CC2)CCCC1. The summed E-state index contributed by atoms with van der Waals surface area (Å²) in [4.78, 5) is 39.1. The zero-order valence-corrected chi connectivity index (χ0v) is 18.5. The molecule has 0 aromatic carbocycles. The summed E-state index contributed by atoms with van der Waals surface area (Å²) in [6.45, 7) is 2.77. The topological polar surface area (TPSA) is 117 Å². The van der Waals surface area contributed by atoms with Crippen LogP contribution in [-0.4, -0.2) is 75.3 Å². The van der Waals surface area contributed by atoms with Crippen LogP contribution in [-0.2, 0) is 38.4 Å². The summed E-state index contributed by atoms with van der Waals surface area (Å²) in [6.07, 6.45) is 3.18. The quantitative estimate of drug-likeness (QED) is 0.409. The van der Waals surface area contributed by atoms with Crippen molar-refractivity contribution < 1.29 is 41.9 Å². The molecule has 2 saturated heterocycles. The molecule has 5 aliphatic rings. The predicted molar refractivity (Wildman–Crippen MR) is 106 cm³/mol. The van der Waals surface area contributed by atoms with E-state index >= 15 is 0 Å². The van der Waals surface area contributed by atoms with Crippen LogP contribution in [0.3, 0.4) is 0 Å². The van der Waals surface area contributed by atoms with Gasteiger partial charge in [-0.3, -0.25) is 9.59 Å². The standard InChI is InChI=1S/C21H29NO8S/c1-21(4-2-3-5-21)30-20(25)16-13-10-12-15(16)19(24)29-18(12)17(13)28-14(23)11-22-6-8-31(26,27)9-7-22/h12-13,15-18H,2-11H2,1H3/p+1. The van der Waals surface area contributed by atoms with Gasteiger partial charge in [-0.1, -0.05) is 0 Å². The van der Waals surface area contributed by atoms with Gasteiger partial charge in [-0.25, -0.2) is 13.2 Å². The molecule has 2 bridgehead atoms. The van der Waals surface area contributed by atoms with E-state index in [1.165, 1.54) is 0 Å². The first-order valence-electron chi connectivity index (χ1n) is 11.3. The van der Waals surface area contributed by atoms with Crippen molar-refractivity contribution in [1.82, 2.24) is 0 Å². The summed E-state index contributed by atoms with van der Waals surface area (Å²) in [6, 6.07) is 0. The molecule has 0 amide bonds. The number of fused-ring (bicyclic) bond motifs is 1. The maximum absolute atomic E-state index is 13.1. The Morgan fingerprint density at radius 2 is 1.84 bits per heavy atom. The van der Waals surface area contributed by atoms with Gasteiger partial charge in [-0.15, -0.1) is 0 Å². The van der Waals surface area contributed by atoms with E-state index in [1.807, 2.05) is 6.92 Å². The van der Waals surface area contributed by atoms with E-state index in [0.717, 1.165) is 30.6 Å². The first-order chi connectivity index (χ1) is 14.7. The van der Waals surface area contributed by atoms with Gasteiger partial charge < -0.3 is 19.1 Å². The largest absolute Gasteiger partial charge is 0.459 e. The lowest BCUT2D eigenvalue weighted by Gasteiger charge is -2.33. The van der Waals surface area contributed by atoms with Crippen molar-refractivity contribution in [2.75, 3.05) is 31.1 Å². The van der Waals surface area contributed by atoms with Gasteiger partial charge in [-0.2, -0.15) is 0 Å². The summed E-state index contributed by atoms with van der Waals surface area (Å²) >= 11 is 0. The Morgan fingerprint density at radius 1 is 1.16 bits per heavy atom. The van der Waals surface area contributed by atoms with E-state index < -0.39 is 45.5 Å². The zero-order valence-electron chi connectivity index (χ0n) is 17.7. The van der Waals surface area contributed by atoms with Crippen molar-refractivity contribution in [1.29, 1.82) is 0 Å². The van der Waals surface area contributed by atoms with Gasteiger partial charge in [0.05, 0.1) is 36.4 Å². The van der Waals surface area contributed by atoms with Crippen LogP contribution in [0.25, 0.3) is 0 Å². The van der Waals surface area contributed by atoms with Crippen LogP contribution in [0.15, 0.2) is 0 Å². The lowest BCUT2D eigenvalue weighted by Crippen LogP contribution is -3.15. The van der Waals surface area contributed by atoms with Crippen LogP contribution < -0.4 is 4.90 Å². The molecule has 2 heterocycles. The molecular formula is C21H30NO8S+. The highest BCUT2D eigenvalue weighted by Crippen LogP contribution is 2.59. The first-order valence-corrected chi connectivity index (χ1v) is 13.1. The number of rotatable bonds is 5. The number of carbonyl (C=O) groups excluding carboxylic acids is 3. The first kappa shape index (κ1) is 21.2. The van der Waals surface area contributed by atoms with Crippen molar-refractivity contribution in [3.05, 3.63) is 0 Å². The Bertz CT molecular complexity index is 881. The molecule has 5 fully saturated rings. The normalized spacial score (nSPS) is 40.0. The second-order valence-electron chi connectivity index (χ2n) is 10.1. The van der Waals surface area contributed by atoms with Crippen LogP contribution in [0.2, 0.25) is 0 Å². The molecular weight excluding hydrogens is 426 g/mol. The van der Waals surface area contributed by atoms with Crippen molar-refractivity contribution in [3.8, 4) is 0 Å². The van der Waals surface area contributed by atoms with Crippen LogP contribution in [0.1, 0.15) is 39.0 Å². The second kappa shape index (κ2) is 7.43. The van der Waals surface area contributed by atoms with Crippen LogP contribution in [0, 0.1) is 23.7 Å². The fourth-order valence-corrected chi connectivity index (χ4v) is 7.81. The molecule has 3 aliphatic carbocycles. The van der Waals surface area contributed by atoms with Gasteiger partial charge >= 0.3 is 17.9 Å². The molecule has 0 spiro atoms. The molecule has 2 aliphatic heterocycles. The second-order valence-corrected chi connectivity index (χ2v) is 12.4. The molecule has 3 saturated carbocycles. The van der Waals surface area contributed by atoms with Crippen molar-refractivity contribution in [2.24, 2.45) is 23.7 Å². The van der Waals surface area contributed by atoms with E-state index in [2.05, 4.69) is 0 Å². The smallest absolute Gasteiger partial charge is 0.362 e. The predicted octanol–water partition coefficient (Wildman–Crippen LogP) is -1.11. The van der Waals surface area contributed by atoms with Gasteiger partial charge in [0, 0.05) is 11.8 Å². The lowest BCUT2D eigenvalue weighted by atomic mass is 9.78. The third-order valence-corrected chi connectivity index (χ3v) is 9.67. The number of quaternary nitrogens is 1. The lowest BCUT2D eigenvalue weighted by molar-refractivity contribution is -0.889. The molecule has 6 unspecified atom stereocenters. The Balaban J connectivity index is 1.25. The molecule has 6 atom stereocenters. The van der Waals surface area contributed by atoms with Crippen LogP contribution in [0.4, 0.5) is 0 Å². The number of hydrogen-bond acceptors (Lipinski definition) is 8. The van der Waals surface area contributed by atoms with E-state index in [-0.39, 0.29) is 41.8 Å². The third kappa shape index (κ3) is 3.75. The monoisotopic (exact) mass is 456 g/mol. The summed E-state index contributed by atoms with van der Waals surface area (Å²) in [5, 5.41) is 0. The molecule has 172 valence electrons. The number of carbonyl (C=O) groups is 3. The van der Waals surface area contributed by atoms with Gasteiger partial charge in [0.1, 0.15) is 17.8 Å². The number of ether oxygens (including phenoxy) is 3. The van der Waals surface area contributed by atoms with E-state index in [0.29, 0.717) is 19.5 Å². The Morgan fingerprint density at radius 3 is 2.52 bits per heavy atom. The van der Waals surface area contributed by atoms with E-state index in [4.69, 9.17) is 14.2 Å². The van der Waals surface area contributed by atoms with Gasteiger partial charge in [0.2, 0.25) is 0 Å². The maximum atomic E-state index is 13.1. The van der Waals surface area contributed by atoms with Crippen molar-refractivity contribution in [3.63, 3.8) is 0 Å². The third-order valence-electron chi connectivity index (χ3n) is 8.02. The average molecular weight is 457 g/mol. The van der Waals surface area contributed by atoms with Crippen LogP contribution in [0.5, 0.6) is 0 Å². The Hall–Kier alpha value is -1.68. The molecule has 0 aromatic heterocycles. The number of sulfone groups is 1. The minimum Gasteiger partial charge on any atom is -0.459 e. The van der Waals surface area contributed by atoms with Gasteiger partial charge in [0.25, 0.3) is 0 Å².